The van der Waals surface area contributed by atoms with Crippen LogP contribution < -0.4 is 0 Å². The number of benzene rings is 1. The molecule has 1 aliphatic carbocycles. The predicted molar refractivity (Wildman–Crippen MR) is 70.2 cm³/mol. The molecule has 1 heterocycles. The molecule has 0 fully saturated rings. The van der Waals surface area contributed by atoms with E-state index >= 15 is 0 Å². The maximum atomic E-state index is 12.4. The zero-order valence-electron chi connectivity index (χ0n) is 10.5. The number of rotatable bonds is 2. The molecule has 18 heavy (non-hydrogen) atoms. The molecule has 0 amide bonds. The van der Waals surface area contributed by atoms with Gasteiger partial charge in [-0.05, 0) is 49.3 Å². The van der Waals surface area contributed by atoms with E-state index in [1.807, 2.05) is 6.08 Å². The molecule has 1 aliphatic heterocycles. The van der Waals surface area contributed by atoms with Crippen LogP contribution in [0.15, 0.2) is 36.1 Å². The molecule has 2 nitrogen and oxygen atoms in total. The summed E-state index contributed by atoms with van der Waals surface area (Å²) >= 11 is 0. The lowest BCUT2D eigenvalue weighted by molar-refractivity contribution is -0.123. The Morgan fingerprint density at radius 3 is 2.83 bits per heavy atom. The standard InChI is InChI=1S/C16H18O2/c17-16(15-7-3-4-10-18-15)14-9-8-12-5-1-2-6-13(12)11-14/h1-2,5-7,14H,3-4,8-11H2. The van der Waals surface area contributed by atoms with Crippen LogP contribution in [0.2, 0.25) is 0 Å². The molecule has 0 spiro atoms. The highest BCUT2D eigenvalue weighted by atomic mass is 16.5. The number of aryl methyl sites for hydroxylation is 1. The third-order valence-electron chi connectivity index (χ3n) is 3.90. The van der Waals surface area contributed by atoms with Crippen LogP contribution in [0, 0.1) is 5.92 Å². The van der Waals surface area contributed by atoms with Crippen LogP contribution in [-0.2, 0) is 22.4 Å². The van der Waals surface area contributed by atoms with Crippen LogP contribution in [0.25, 0.3) is 0 Å². The zero-order chi connectivity index (χ0) is 12.4. The molecule has 94 valence electrons. The summed E-state index contributed by atoms with van der Waals surface area (Å²) in [6, 6.07) is 8.45. The summed E-state index contributed by atoms with van der Waals surface area (Å²) in [6.07, 6.45) is 6.81. The average Bonchev–Trinajstić information content (AvgIpc) is 2.47. The number of ketones is 1. The van der Waals surface area contributed by atoms with Crippen molar-refractivity contribution >= 4 is 5.78 Å². The Morgan fingerprint density at radius 1 is 1.22 bits per heavy atom. The summed E-state index contributed by atoms with van der Waals surface area (Å²) in [5, 5.41) is 0. The predicted octanol–water partition coefficient (Wildman–Crippen LogP) is 3.05. The van der Waals surface area contributed by atoms with Crippen molar-refractivity contribution in [3.05, 3.63) is 47.2 Å². The Hall–Kier alpha value is -1.57. The molecule has 2 heteroatoms. The van der Waals surface area contributed by atoms with Gasteiger partial charge < -0.3 is 4.74 Å². The monoisotopic (exact) mass is 242 g/mol. The van der Waals surface area contributed by atoms with Crippen LogP contribution in [0.4, 0.5) is 0 Å². The number of hydrogen-bond donors (Lipinski definition) is 0. The highest BCUT2D eigenvalue weighted by molar-refractivity contribution is 5.95. The molecule has 0 saturated carbocycles. The van der Waals surface area contributed by atoms with Crippen molar-refractivity contribution in [1.29, 1.82) is 0 Å². The van der Waals surface area contributed by atoms with E-state index in [-0.39, 0.29) is 11.7 Å². The van der Waals surface area contributed by atoms with Gasteiger partial charge in [0, 0.05) is 5.92 Å². The highest BCUT2D eigenvalue weighted by Gasteiger charge is 2.28. The first-order chi connectivity index (χ1) is 8.84. The van der Waals surface area contributed by atoms with Crippen LogP contribution in [0.5, 0.6) is 0 Å². The van der Waals surface area contributed by atoms with E-state index in [4.69, 9.17) is 4.74 Å². The van der Waals surface area contributed by atoms with Crippen LogP contribution in [0.3, 0.4) is 0 Å². The van der Waals surface area contributed by atoms with Crippen molar-refractivity contribution in [2.75, 3.05) is 6.61 Å². The van der Waals surface area contributed by atoms with Gasteiger partial charge in [0.2, 0.25) is 0 Å². The molecular weight excluding hydrogens is 224 g/mol. The molecule has 0 aromatic heterocycles. The molecule has 2 aliphatic rings. The van der Waals surface area contributed by atoms with Gasteiger partial charge in [-0.15, -0.1) is 0 Å². The minimum Gasteiger partial charge on any atom is -0.490 e. The lowest BCUT2D eigenvalue weighted by atomic mass is 9.81. The van der Waals surface area contributed by atoms with E-state index in [1.54, 1.807) is 0 Å². The third kappa shape index (κ3) is 2.20. The van der Waals surface area contributed by atoms with Crippen molar-refractivity contribution in [1.82, 2.24) is 0 Å². The Kier molecular flexibility index (Phi) is 3.18. The number of Topliss-reactive ketones (excluding diaryl/α,β-unsaturated/α-hetero) is 1. The molecule has 0 radical (unpaired) electrons. The SMILES string of the molecule is O=C(C1=CCCCO1)C1CCc2ccccc2C1. The van der Waals surface area contributed by atoms with Crippen molar-refractivity contribution in [3.8, 4) is 0 Å². The second-order valence-corrected chi connectivity index (χ2v) is 5.13. The van der Waals surface area contributed by atoms with E-state index in [9.17, 15) is 4.79 Å². The Bertz CT molecular complexity index is 488. The highest BCUT2D eigenvalue weighted by Crippen LogP contribution is 2.28. The molecule has 0 saturated heterocycles. The summed E-state index contributed by atoms with van der Waals surface area (Å²) in [5.74, 6) is 0.944. The largest absolute Gasteiger partial charge is 0.490 e. The lowest BCUT2D eigenvalue weighted by Gasteiger charge is -2.25. The van der Waals surface area contributed by atoms with Gasteiger partial charge in [0.15, 0.2) is 11.5 Å². The third-order valence-corrected chi connectivity index (χ3v) is 3.90. The molecule has 3 rings (SSSR count). The van der Waals surface area contributed by atoms with Gasteiger partial charge >= 0.3 is 0 Å². The first kappa shape index (κ1) is 11.5. The van der Waals surface area contributed by atoms with E-state index < -0.39 is 0 Å². The minimum atomic E-state index is 0.115. The zero-order valence-corrected chi connectivity index (χ0v) is 10.5. The van der Waals surface area contributed by atoms with Gasteiger partial charge in [-0.3, -0.25) is 4.79 Å². The van der Waals surface area contributed by atoms with Crippen molar-refractivity contribution in [2.45, 2.75) is 32.1 Å². The van der Waals surface area contributed by atoms with Crippen LogP contribution >= 0.6 is 0 Å². The summed E-state index contributed by atoms with van der Waals surface area (Å²) < 4.78 is 5.49. The first-order valence-electron chi connectivity index (χ1n) is 6.78. The van der Waals surface area contributed by atoms with Crippen LogP contribution in [-0.4, -0.2) is 12.4 Å². The second-order valence-electron chi connectivity index (χ2n) is 5.13. The van der Waals surface area contributed by atoms with Gasteiger partial charge in [-0.2, -0.15) is 0 Å². The smallest absolute Gasteiger partial charge is 0.200 e. The molecule has 0 bridgehead atoms. The van der Waals surface area contributed by atoms with Gasteiger partial charge in [-0.25, -0.2) is 0 Å². The summed E-state index contributed by atoms with van der Waals surface area (Å²) in [6.45, 7) is 0.695. The van der Waals surface area contributed by atoms with Gasteiger partial charge in [-0.1, -0.05) is 24.3 Å². The molecular formula is C16H18O2. The van der Waals surface area contributed by atoms with Crippen molar-refractivity contribution in [2.24, 2.45) is 5.92 Å². The number of ether oxygens (including phenoxy) is 1. The molecule has 1 unspecified atom stereocenters. The Balaban J connectivity index is 1.75. The number of carbonyl (C=O) groups excluding carboxylic acids is 1. The Labute approximate surface area is 108 Å². The van der Waals surface area contributed by atoms with Crippen molar-refractivity contribution < 1.29 is 9.53 Å². The number of carbonyl (C=O) groups is 1. The number of fused-ring (bicyclic) bond motifs is 1. The topological polar surface area (TPSA) is 26.3 Å². The summed E-state index contributed by atoms with van der Waals surface area (Å²) in [4.78, 5) is 12.4. The van der Waals surface area contributed by atoms with Gasteiger partial charge in [0.1, 0.15) is 0 Å². The van der Waals surface area contributed by atoms with E-state index in [1.165, 1.54) is 11.1 Å². The number of allylic oxidation sites excluding steroid dienone is 2. The van der Waals surface area contributed by atoms with E-state index in [0.717, 1.165) is 32.1 Å². The Morgan fingerprint density at radius 2 is 2.06 bits per heavy atom. The first-order valence-corrected chi connectivity index (χ1v) is 6.78. The van der Waals surface area contributed by atoms with Gasteiger partial charge in [0.05, 0.1) is 6.61 Å². The summed E-state index contributed by atoms with van der Waals surface area (Å²) in [5.41, 5.74) is 2.73. The van der Waals surface area contributed by atoms with Gasteiger partial charge in [0.25, 0.3) is 0 Å². The second kappa shape index (κ2) is 4.97. The quantitative estimate of drug-likeness (QED) is 0.796. The van der Waals surface area contributed by atoms with Crippen LogP contribution in [0.1, 0.15) is 30.4 Å². The summed E-state index contributed by atoms with van der Waals surface area (Å²) in [7, 11) is 0. The van der Waals surface area contributed by atoms with E-state index in [0.29, 0.717) is 12.4 Å². The maximum Gasteiger partial charge on any atom is 0.200 e. The molecule has 0 N–H and O–H groups in total. The lowest BCUT2D eigenvalue weighted by Crippen LogP contribution is -2.26. The fourth-order valence-electron chi connectivity index (χ4n) is 2.85. The van der Waals surface area contributed by atoms with E-state index in [2.05, 4.69) is 24.3 Å². The number of hydrogen-bond acceptors (Lipinski definition) is 2. The average molecular weight is 242 g/mol. The maximum absolute atomic E-state index is 12.4. The molecule has 1 aromatic rings. The van der Waals surface area contributed by atoms with Crippen molar-refractivity contribution in [3.63, 3.8) is 0 Å². The normalized spacial score (nSPS) is 22.7. The fourth-order valence-corrected chi connectivity index (χ4v) is 2.85. The molecule has 1 aromatic carbocycles. The minimum absolute atomic E-state index is 0.115. The molecule has 1 atom stereocenters. The fraction of sp³-hybridized carbons (Fsp3) is 0.438.